The van der Waals surface area contributed by atoms with Crippen LogP contribution in [0, 0.1) is 5.92 Å². The Morgan fingerprint density at radius 2 is 1.88 bits per heavy atom. The minimum absolute atomic E-state index is 0.0640. The van der Waals surface area contributed by atoms with Gasteiger partial charge in [-0.15, -0.1) is 0 Å². The van der Waals surface area contributed by atoms with E-state index < -0.39 is 13.3 Å². The lowest BCUT2D eigenvalue weighted by molar-refractivity contribution is -0.143. The molecular weight excluding hydrogens is 319 g/mol. The third-order valence-corrected chi connectivity index (χ3v) is 7.55. The molecule has 0 aliphatic heterocycles. The molecule has 0 bridgehead atoms. The van der Waals surface area contributed by atoms with Crippen LogP contribution in [0.15, 0.2) is 30.3 Å². The van der Waals surface area contributed by atoms with Gasteiger partial charge in [-0.05, 0) is 37.2 Å². The van der Waals surface area contributed by atoms with Crippen LogP contribution in [-0.2, 0) is 20.2 Å². The van der Waals surface area contributed by atoms with Crippen LogP contribution in [0.1, 0.15) is 57.9 Å². The molecule has 0 saturated heterocycles. The second-order valence-electron chi connectivity index (χ2n) is 7.12. The van der Waals surface area contributed by atoms with Gasteiger partial charge >= 0.3 is 5.97 Å². The van der Waals surface area contributed by atoms with Gasteiger partial charge in [-0.1, -0.05) is 57.0 Å². The van der Waals surface area contributed by atoms with Gasteiger partial charge in [0.1, 0.15) is 5.16 Å². The molecular formula is C20H31O3P. The minimum atomic E-state index is -0.873. The van der Waals surface area contributed by atoms with E-state index in [1.165, 1.54) is 19.1 Å². The van der Waals surface area contributed by atoms with E-state index in [-0.39, 0.29) is 5.97 Å². The molecule has 1 fully saturated rings. The van der Waals surface area contributed by atoms with Crippen LogP contribution in [0.2, 0.25) is 0 Å². The summed E-state index contributed by atoms with van der Waals surface area (Å²) in [6, 6.07) is 10.4. The first-order valence-electron chi connectivity index (χ1n) is 9.11. The van der Waals surface area contributed by atoms with E-state index in [0.29, 0.717) is 5.92 Å². The van der Waals surface area contributed by atoms with E-state index in [1.54, 1.807) is 0 Å². The molecule has 0 radical (unpaired) electrons. The number of rotatable bonds is 9. The summed E-state index contributed by atoms with van der Waals surface area (Å²) >= 11 is 0. The molecule has 2 rings (SSSR count). The maximum Gasteiger partial charge on any atom is 0.318 e. The number of benzene rings is 1. The molecule has 1 aromatic rings. The topological polar surface area (TPSA) is 35.5 Å². The molecule has 134 valence electrons. The third kappa shape index (κ3) is 5.04. The zero-order chi connectivity index (χ0) is 17.4. The summed E-state index contributed by atoms with van der Waals surface area (Å²) in [5.41, 5.74) is 1.25. The summed E-state index contributed by atoms with van der Waals surface area (Å²) < 4.78 is 11.6. The van der Waals surface area contributed by atoms with Gasteiger partial charge in [0.2, 0.25) is 0 Å². The highest BCUT2D eigenvalue weighted by atomic mass is 31.1. The van der Waals surface area contributed by atoms with Gasteiger partial charge in [0.05, 0.1) is 21.9 Å². The van der Waals surface area contributed by atoms with Crippen molar-refractivity contribution in [2.75, 3.05) is 13.7 Å². The van der Waals surface area contributed by atoms with E-state index in [0.717, 1.165) is 44.9 Å². The van der Waals surface area contributed by atoms with Crippen LogP contribution >= 0.6 is 8.15 Å². The molecule has 1 aromatic carbocycles. The zero-order valence-corrected chi connectivity index (χ0v) is 16.2. The Morgan fingerprint density at radius 3 is 2.46 bits per heavy atom. The first-order valence-corrected chi connectivity index (χ1v) is 10.6. The summed E-state index contributed by atoms with van der Waals surface area (Å²) in [4.78, 5) is 12.6. The Morgan fingerprint density at radius 1 is 1.21 bits per heavy atom. The lowest BCUT2D eigenvalue weighted by Crippen LogP contribution is -2.36. The highest BCUT2D eigenvalue weighted by Gasteiger charge is 2.49. The van der Waals surface area contributed by atoms with Gasteiger partial charge < -0.3 is 9.26 Å². The molecule has 1 unspecified atom stereocenters. The summed E-state index contributed by atoms with van der Waals surface area (Å²) in [5, 5.41) is -0.405. The van der Waals surface area contributed by atoms with E-state index in [9.17, 15) is 4.79 Å². The van der Waals surface area contributed by atoms with E-state index in [4.69, 9.17) is 9.26 Å². The molecule has 1 atom stereocenters. The summed E-state index contributed by atoms with van der Waals surface area (Å²) in [5.74, 6) is 0.626. The minimum Gasteiger partial charge on any atom is -0.468 e. The molecule has 4 heteroatoms. The molecule has 24 heavy (non-hydrogen) atoms. The van der Waals surface area contributed by atoms with Crippen molar-refractivity contribution in [2.45, 2.75) is 63.7 Å². The molecule has 0 amide bonds. The first kappa shape index (κ1) is 19.4. The lowest BCUT2D eigenvalue weighted by atomic mass is 10.1. The lowest BCUT2D eigenvalue weighted by Gasteiger charge is -2.34. The number of esters is 1. The van der Waals surface area contributed by atoms with Crippen LogP contribution in [0.4, 0.5) is 0 Å². The van der Waals surface area contributed by atoms with Crippen molar-refractivity contribution in [1.82, 2.24) is 0 Å². The van der Waals surface area contributed by atoms with Crippen LogP contribution in [0.5, 0.6) is 0 Å². The maximum absolute atomic E-state index is 12.6. The number of hydrogen-bond acceptors (Lipinski definition) is 3. The summed E-state index contributed by atoms with van der Waals surface area (Å²) in [6.07, 6.45) is 7.07. The Bertz CT molecular complexity index is 495. The average molecular weight is 350 g/mol. The number of hydrogen-bond donors (Lipinski definition) is 0. The smallest absolute Gasteiger partial charge is 0.318 e. The van der Waals surface area contributed by atoms with Gasteiger partial charge in [-0.2, -0.15) is 0 Å². The van der Waals surface area contributed by atoms with Gasteiger partial charge in [0, 0.05) is 6.16 Å². The molecule has 3 nitrogen and oxygen atoms in total. The van der Waals surface area contributed by atoms with E-state index in [1.807, 2.05) is 6.07 Å². The Labute approximate surface area is 148 Å². The maximum atomic E-state index is 12.6. The molecule has 0 aromatic heterocycles. The van der Waals surface area contributed by atoms with Crippen molar-refractivity contribution < 1.29 is 14.1 Å². The normalized spacial score (nSPS) is 17.8. The highest BCUT2D eigenvalue weighted by molar-refractivity contribution is 7.54. The van der Waals surface area contributed by atoms with Crippen LogP contribution in [-0.4, -0.2) is 24.8 Å². The van der Waals surface area contributed by atoms with Crippen LogP contribution < -0.4 is 0 Å². The highest BCUT2D eigenvalue weighted by Crippen LogP contribution is 2.61. The van der Waals surface area contributed by atoms with E-state index in [2.05, 4.69) is 38.1 Å². The fourth-order valence-corrected chi connectivity index (χ4v) is 6.08. The third-order valence-electron chi connectivity index (χ3n) is 4.82. The number of carbonyl (C=O) groups is 1. The molecule has 1 saturated carbocycles. The second kappa shape index (κ2) is 9.53. The number of methoxy groups -OCH3 is 1. The van der Waals surface area contributed by atoms with Gasteiger partial charge in [0.25, 0.3) is 0 Å². The monoisotopic (exact) mass is 350 g/mol. The fraction of sp³-hybridized carbons (Fsp3) is 0.650. The van der Waals surface area contributed by atoms with E-state index >= 15 is 0 Å². The van der Waals surface area contributed by atoms with Crippen molar-refractivity contribution in [3.8, 4) is 0 Å². The summed E-state index contributed by atoms with van der Waals surface area (Å²) in [6.45, 7) is 5.22. The van der Waals surface area contributed by atoms with Crippen molar-refractivity contribution in [3.05, 3.63) is 35.9 Å². The zero-order valence-electron chi connectivity index (χ0n) is 15.3. The predicted molar refractivity (Wildman–Crippen MR) is 100 cm³/mol. The predicted octanol–water partition coefficient (Wildman–Crippen LogP) is 5.52. The first-order chi connectivity index (χ1) is 11.6. The summed E-state index contributed by atoms with van der Waals surface area (Å²) in [7, 11) is 0.638. The molecule has 0 heterocycles. The molecule has 0 N–H and O–H groups in total. The Balaban J connectivity index is 2.12. The second-order valence-corrected chi connectivity index (χ2v) is 9.31. The SMILES string of the molecule is COC(=O)C1(P(Cc2ccccc2)OCCCC(C)C)CCCC1. The van der Waals surface area contributed by atoms with Crippen LogP contribution in [0.25, 0.3) is 0 Å². The Hall–Kier alpha value is -0.920. The molecule has 0 spiro atoms. The van der Waals surface area contributed by atoms with Crippen molar-refractivity contribution in [3.63, 3.8) is 0 Å². The Kier molecular flexibility index (Phi) is 7.71. The van der Waals surface area contributed by atoms with Gasteiger partial charge in [0.15, 0.2) is 0 Å². The number of ether oxygens (including phenoxy) is 1. The largest absolute Gasteiger partial charge is 0.468 e. The van der Waals surface area contributed by atoms with Crippen molar-refractivity contribution >= 4 is 14.1 Å². The average Bonchev–Trinajstić information content (AvgIpc) is 3.08. The van der Waals surface area contributed by atoms with Gasteiger partial charge in [-0.3, -0.25) is 4.79 Å². The number of carbonyl (C=O) groups excluding carboxylic acids is 1. The molecule has 1 aliphatic carbocycles. The van der Waals surface area contributed by atoms with Crippen molar-refractivity contribution in [1.29, 1.82) is 0 Å². The molecule has 1 aliphatic rings. The standard InChI is InChI=1S/C20H31O3P/c1-17(2)10-9-15-23-24(16-18-11-5-4-6-12-18)20(19(21)22-3)13-7-8-14-20/h4-6,11-12,17H,7-10,13-16H2,1-3H3. The quantitative estimate of drug-likeness (QED) is 0.334. The van der Waals surface area contributed by atoms with Gasteiger partial charge in [-0.25, -0.2) is 0 Å². The van der Waals surface area contributed by atoms with Crippen molar-refractivity contribution in [2.24, 2.45) is 5.92 Å². The van der Waals surface area contributed by atoms with Crippen LogP contribution in [0.3, 0.4) is 0 Å². The fourth-order valence-electron chi connectivity index (χ4n) is 3.44.